The normalized spacial score (nSPS) is 10.2. The zero-order valence-corrected chi connectivity index (χ0v) is 15.2. The van der Waals surface area contributed by atoms with Gasteiger partial charge in [0.25, 0.3) is 5.91 Å². The Morgan fingerprint density at radius 3 is 2.37 bits per heavy atom. The first kappa shape index (κ1) is 18.5. The molecule has 6 nitrogen and oxygen atoms in total. The Morgan fingerprint density at radius 1 is 0.926 bits per heavy atom. The quantitative estimate of drug-likeness (QED) is 0.545. The maximum atomic E-state index is 12.6. The van der Waals surface area contributed by atoms with Crippen LogP contribution < -0.4 is 16.4 Å². The summed E-state index contributed by atoms with van der Waals surface area (Å²) in [5, 5.41) is 6.00. The lowest BCUT2D eigenvalue weighted by Gasteiger charge is -2.10. The summed E-state index contributed by atoms with van der Waals surface area (Å²) < 4.78 is 0. The summed E-state index contributed by atoms with van der Waals surface area (Å²) in [6.45, 7) is 0. The molecule has 3 aromatic rings. The molecule has 0 unspecified atom stereocenters. The van der Waals surface area contributed by atoms with Gasteiger partial charge in [0.05, 0.1) is 23.2 Å². The van der Waals surface area contributed by atoms with Gasteiger partial charge in [-0.25, -0.2) is 4.98 Å². The summed E-state index contributed by atoms with van der Waals surface area (Å²) in [6, 6.07) is 20.3. The number of benzene rings is 2. The molecule has 0 bridgehead atoms. The summed E-state index contributed by atoms with van der Waals surface area (Å²) in [7, 11) is 0. The molecule has 136 valence electrons. The van der Waals surface area contributed by atoms with Crippen molar-refractivity contribution >= 4 is 40.8 Å². The average molecular weight is 378 g/mol. The number of hydrogen-bond acceptors (Lipinski definition) is 5. The molecule has 2 aromatic carbocycles. The standard InChI is InChI=1S/C20H18N4O2S/c21-18(25)13-27-17-9-5-4-8-16(17)20(26)24-15-10-11-19(22-12-15)23-14-6-2-1-3-7-14/h1-12H,13H2,(H2,21,25)(H,22,23)(H,24,26). The lowest BCUT2D eigenvalue weighted by atomic mass is 10.2. The smallest absolute Gasteiger partial charge is 0.256 e. The van der Waals surface area contributed by atoms with Gasteiger partial charge in [0.1, 0.15) is 5.82 Å². The summed E-state index contributed by atoms with van der Waals surface area (Å²) in [5.74, 6) is 0.0942. The number of carbonyl (C=O) groups excluding carboxylic acids is 2. The third-order valence-corrected chi connectivity index (χ3v) is 4.67. The van der Waals surface area contributed by atoms with Gasteiger partial charge in [-0.1, -0.05) is 30.3 Å². The van der Waals surface area contributed by atoms with Gasteiger partial charge in [-0.05, 0) is 36.4 Å². The van der Waals surface area contributed by atoms with Crippen molar-refractivity contribution in [2.45, 2.75) is 4.90 Å². The first-order valence-electron chi connectivity index (χ1n) is 8.21. The second kappa shape index (κ2) is 8.86. The number of anilines is 3. The molecule has 1 heterocycles. The number of primary amides is 1. The molecular formula is C20H18N4O2S. The molecule has 2 amide bonds. The van der Waals surface area contributed by atoms with Gasteiger partial charge in [-0.15, -0.1) is 11.8 Å². The van der Waals surface area contributed by atoms with Gasteiger partial charge in [0.15, 0.2) is 0 Å². The van der Waals surface area contributed by atoms with Crippen LogP contribution in [-0.4, -0.2) is 22.6 Å². The van der Waals surface area contributed by atoms with Crippen LogP contribution in [0.3, 0.4) is 0 Å². The van der Waals surface area contributed by atoms with Crippen molar-refractivity contribution in [1.82, 2.24) is 4.98 Å². The Hall–Kier alpha value is -3.32. The minimum atomic E-state index is -0.430. The van der Waals surface area contributed by atoms with Crippen LogP contribution in [-0.2, 0) is 4.79 Å². The minimum absolute atomic E-state index is 0.117. The van der Waals surface area contributed by atoms with Crippen LogP contribution in [0.1, 0.15) is 10.4 Å². The number of thioether (sulfide) groups is 1. The zero-order chi connectivity index (χ0) is 19.1. The van der Waals surface area contributed by atoms with E-state index in [0.717, 1.165) is 5.69 Å². The molecule has 3 rings (SSSR count). The van der Waals surface area contributed by atoms with Crippen LogP contribution in [0.25, 0.3) is 0 Å². The number of para-hydroxylation sites is 1. The fraction of sp³-hybridized carbons (Fsp3) is 0.0500. The minimum Gasteiger partial charge on any atom is -0.369 e. The van der Waals surface area contributed by atoms with Crippen LogP contribution in [0.2, 0.25) is 0 Å². The van der Waals surface area contributed by atoms with E-state index in [1.54, 1.807) is 36.5 Å². The highest BCUT2D eigenvalue weighted by molar-refractivity contribution is 8.00. The van der Waals surface area contributed by atoms with Gasteiger partial charge in [0, 0.05) is 10.6 Å². The molecule has 0 fully saturated rings. The van der Waals surface area contributed by atoms with Gasteiger partial charge in [-0.2, -0.15) is 0 Å². The van der Waals surface area contributed by atoms with Gasteiger partial charge >= 0.3 is 0 Å². The Balaban J connectivity index is 1.67. The number of amides is 2. The predicted octanol–water partition coefficient (Wildman–Crippen LogP) is 3.65. The number of nitrogens with two attached hydrogens (primary N) is 1. The molecule has 0 saturated carbocycles. The predicted molar refractivity (Wildman–Crippen MR) is 108 cm³/mol. The number of hydrogen-bond donors (Lipinski definition) is 3. The van der Waals surface area contributed by atoms with Crippen molar-refractivity contribution in [3.05, 3.63) is 78.5 Å². The summed E-state index contributed by atoms with van der Waals surface area (Å²) in [6.07, 6.45) is 1.59. The maximum Gasteiger partial charge on any atom is 0.256 e. The van der Waals surface area contributed by atoms with E-state index in [9.17, 15) is 9.59 Å². The molecule has 7 heteroatoms. The molecule has 0 aliphatic rings. The number of carbonyl (C=O) groups is 2. The van der Waals surface area contributed by atoms with Crippen LogP contribution in [0, 0.1) is 0 Å². The maximum absolute atomic E-state index is 12.6. The topological polar surface area (TPSA) is 97.1 Å². The summed E-state index contributed by atoms with van der Waals surface area (Å²) in [5.41, 5.74) is 7.18. The average Bonchev–Trinajstić information content (AvgIpc) is 2.69. The van der Waals surface area contributed by atoms with E-state index in [4.69, 9.17) is 5.73 Å². The fourth-order valence-corrected chi connectivity index (χ4v) is 3.13. The van der Waals surface area contributed by atoms with E-state index < -0.39 is 5.91 Å². The lowest BCUT2D eigenvalue weighted by molar-refractivity contribution is -0.115. The Morgan fingerprint density at radius 2 is 1.67 bits per heavy atom. The summed E-state index contributed by atoms with van der Waals surface area (Å²) >= 11 is 1.24. The highest BCUT2D eigenvalue weighted by Gasteiger charge is 2.12. The first-order valence-corrected chi connectivity index (χ1v) is 9.20. The van der Waals surface area contributed by atoms with Crippen LogP contribution >= 0.6 is 11.8 Å². The van der Waals surface area contributed by atoms with Crippen LogP contribution in [0.5, 0.6) is 0 Å². The molecule has 0 spiro atoms. The third kappa shape index (κ3) is 5.32. The SMILES string of the molecule is NC(=O)CSc1ccccc1C(=O)Nc1ccc(Nc2ccccc2)nc1. The van der Waals surface area contributed by atoms with Crippen molar-refractivity contribution in [3.8, 4) is 0 Å². The molecule has 27 heavy (non-hydrogen) atoms. The Labute approximate surface area is 161 Å². The summed E-state index contributed by atoms with van der Waals surface area (Å²) in [4.78, 5) is 28.6. The van der Waals surface area contributed by atoms with E-state index >= 15 is 0 Å². The molecule has 0 atom stereocenters. The number of pyridine rings is 1. The van der Waals surface area contributed by atoms with E-state index in [-0.39, 0.29) is 11.7 Å². The fourth-order valence-electron chi connectivity index (χ4n) is 2.34. The van der Waals surface area contributed by atoms with Crippen LogP contribution in [0.4, 0.5) is 17.2 Å². The zero-order valence-electron chi connectivity index (χ0n) is 14.4. The number of aromatic nitrogens is 1. The van der Waals surface area contributed by atoms with Crippen molar-refractivity contribution in [2.75, 3.05) is 16.4 Å². The van der Waals surface area contributed by atoms with Crippen molar-refractivity contribution in [2.24, 2.45) is 5.73 Å². The van der Waals surface area contributed by atoms with Gasteiger partial charge in [-0.3, -0.25) is 9.59 Å². The molecule has 4 N–H and O–H groups in total. The van der Waals surface area contributed by atoms with E-state index in [1.807, 2.05) is 36.4 Å². The van der Waals surface area contributed by atoms with Crippen molar-refractivity contribution in [1.29, 1.82) is 0 Å². The first-order chi connectivity index (χ1) is 13.1. The second-order valence-corrected chi connectivity index (χ2v) is 6.65. The molecule has 0 radical (unpaired) electrons. The highest BCUT2D eigenvalue weighted by atomic mass is 32.2. The third-order valence-electron chi connectivity index (χ3n) is 3.57. The molecule has 1 aromatic heterocycles. The largest absolute Gasteiger partial charge is 0.369 e. The van der Waals surface area contributed by atoms with E-state index in [0.29, 0.717) is 22.0 Å². The highest BCUT2D eigenvalue weighted by Crippen LogP contribution is 2.23. The van der Waals surface area contributed by atoms with Gasteiger partial charge < -0.3 is 16.4 Å². The number of nitrogens with zero attached hydrogens (tertiary/aromatic N) is 1. The second-order valence-electron chi connectivity index (χ2n) is 5.63. The Kier molecular flexibility index (Phi) is 6.06. The van der Waals surface area contributed by atoms with Crippen LogP contribution in [0.15, 0.2) is 77.8 Å². The van der Waals surface area contributed by atoms with E-state index in [2.05, 4.69) is 15.6 Å². The van der Waals surface area contributed by atoms with E-state index in [1.165, 1.54) is 11.8 Å². The molecule has 0 aliphatic heterocycles. The van der Waals surface area contributed by atoms with Crippen molar-refractivity contribution < 1.29 is 9.59 Å². The molecule has 0 saturated heterocycles. The lowest BCUT2D eigenvalue weighted by Crippen LogP contribution is -2.15. The number of nitrogens with one attached hydrogen (secondary N) is 2. The molecular weight excluding hydrogens is 360 g/mol. The monoisotopic (exact) mass is 378 g/mol. The Bertz CT molecular complexity index is 930. The molecule has 0 aliphatic carbocycles. The number of rotatable bonds is 7. The van der Waals surface area contributed by atoms with Gasteiger partial charge in [0.2, 0.25) is 5.91 Å². The van der Waals surface area contributed by atoms with Crippen molar-refractivity contribution in [3.63, 3.8) is 0 Å².